The molecule has 0 bridgehead atoms. The summed E-state index contributed by atoms with van der Waals surface area (Å²) in [5, 5.41) is 10.9. The first-order chi connectivity index (χ1) is 17.3. The number of hydrogen-bond acceptors (Lipinski definition) is 7. The molecule has 2 amide bonds. The van der Waals surface area contributed by atoms with Crippen molar-refractivity contribution in [2.24, 2.45) is 0 Å². The van der Waals surface area contributed by atoms with Crippen LogP contribution in [0.1, 0.15) is 16.7 Å². The Bertz CT molecular complexity index is 1360. The molecule has 10 heteroatoms. The minimum Gasteiger partial charge on any atom is -0.492 e. The molecule has 0 saturated carbocycles. The Labute approximate surface area is 220 Å². The van der Waals surface area contributed by atoms with Gasteiger partial charge in [-0.25, -0.2) is 0 Å². The van der Waals surface area contributed by atoms with Gasteiger partial charge in [-0.3, -0.25) is 24.6 Å². The highest BCUT2D eigenvalue weighted by Gasteiger charge is 2.35. The van der Waals surface area contributed by atoms with Crippen molar-refractivity contribution < 1.29 is 24.0 Å². The minimum absolute atomic E-state index is 0.0304. The molecule has 0 aliphatic carbocycles. The van der Waals surface area contributed by atoms with Crippen molar-refractivity contribution in [2.45, 2.75) is 13.5 Å². The number of rotatable bonds is 9. The van der Waals surface area contributed by atoms with Gasteiger partial charge in [-0.15, -0.1) is 0 Å². The maximum atomic E-state index is 12.9. The number of hydrogen-bond donors (Lipinski definition) is 0. The largest absolute Gasteiger partial charge is 0.492 e. The number of benzene rings is 3. The third kappa shape index (κ3) is 6.13. The van der Waals surface area contributed by atoms with E-state index in [0.29, 0.717) is 22.6 Å². The fourth-order valence-electron chi connectivity index (χ4n) is 3.52. The first kappa shape index (κ1) is 25.5. The van der Waals surface area contributed by atoms with E-state index in [-0.39, 0.29) is 35.6 Å². The van der Waals surface area contributed by atoms with Crippen LogP contribution >= 0.6 is 27.7 Å². The van der Waals surface area contributed by atoms with Crippen molar-refractivity contribution in [3.05, 3.63) is 103 Å². The van der Waals surface area contributed by atoms with Crippen molar-refractivity contribution in [2.75, 3.05) is 13.2 Å². The van der Waals surface area contributed by atoms with Gasteiger partial charge >= 0.3 is 0 Å². The van der Waals surface area contributed by atoms with Crippen molar-refractivity contribution in [1.82, 2.24) is 4.90 Å². The quantitative estimate of drug-likeness (QED) is 0.168. The van der Waals surface area contributed by atoms with Crippen LogP contribution in [0.2, 0.25) is 0 Å². The molecule has 184 valence electrons. The van der Waals surface area contributed by atoms with E-state index in [2.05, 4.69) is 15.9 Å². The third-order valence-corrected chi connectivity index (χ3v) is 6.68. The molecule has 1 aliphatic rings. The summed E-state index contributed by atoms with van der Waals surface area (Å²) in [5.41, 5.74) is 2.00. The predicted octanol–water partition coefficient (Wildman–Crippen LogP) is 6.36. The molecule has 8 nitrogen and oxygen atoms in total. The Balaban J connectivity index is 1.47. The number of nitro groups is 1. The zero-order chi connectivity index (χ0) is 25.7. The second-order valence-corrected chi connectivity index (χ2v) is 9.76. The molecule has 1 heterocycles. The predicted molar refractivity (Wildman–Crippen MR) is 141 cm³/mol. The van der Waals surface area contributed by atoms with E-state index in [1.54, 1.807) is 42.5 Å². The van der Waals surface area contributed by atoms with Gasteiger partial charge in [0.05, 0.1) is 21.9 Å². The summed E-state index contributed by atoms with van der Waals surface area (Å²) in [6.45, 7) is 2.22. The Kier molecular flexibility index (Phi) is 8.07. The van der Waals surface area contributed by atoms with Crippen LogP contribution in [-0.2, 0) is 11.4 Å². The van der Waals surface area contributed by atoms with Crippen LogP contribution in [-0.4, -0.2) is 34.1 Å². The number of carbonyl (C=O) groups excluding carboxylic acids is 2. The number of imide groups is 1. The standard InChI is InChI=1S/C26H21BrN2O6S/c1-17-5-4-7-21(13-17)34-12-11-28-25(30)24(36-26(28)31)15-19-14-20(27)9-10-23(19)35-16-18-6-2-3-8-22(18)29(32)33/h2-10,13-15H,11-12,16H2,1H3/b24-15-. The molecule has 1 aliphatic heterocycles. The van der Waals surface area contributed by atoms with Crippen LogP contribution in [0.3, 0.4) is 0 Å². The molecular weight excluding hydrogens is 548 g/mol. The number of ether oxygens (including phenoxy) is 2. The molecule has 0 unspecified atom stereocenters. The van der Waals surface area contributed by atoms with Gasteiger partial charge in [-0.1, -0.05) is 40.2 Å². The lowest BCUT2D eigenvalue weighted by Crippen LogP contribution is -2.32. The molecule has 4 rings (SSSR count). The summed E-state index contributed by atoms with van der Waals surface area (Å²) >= 11 is 4.26. The Morgan fingerprint density at radius 2 is 1.86 bits per heavy atom. The van der Waals surface area contributed by atoms with Crippen LogP contribution in [0.15, 0.2) is 76.1 Å². The summed E-state index contributed by atoms with van der Waals surface area (Å²) < 4.78 is 12.3. The maximum absolute atomic E-state index is 12.9. The van der Waals surface area contributed by atoms with Crippen LogP contribution in [0.5, 0.6) is 11.5 Å². The molecule has 3 aromatic rings. The highest BCUT2D eigenvalue weighted by Crippen LogP contribution is 2.35. The Hall–Kier alpha value is -3.63. The van der Waals surface area contributed by atoms with E-state index < -0.39 is 10.8 Å². The van der Waals surface area contributed by atoms with Gasteiger partial charge in [-0.05, 0) is 66.7 Å². The fraction of sp³-hybridized carbons (Fsp3) is 0.154. The van der Waals surface area contributed by atoms with Crippen molar-refractivity contribution in [1.29, 1.82) is 0 Å². The van der Waals surface area contributed by atoms with Gasteiger partial charge in [0, 0.05) is 16.1 Å². The average Bonchev–Trinajstić information content (AvgIpc) is 3.11. The Morgan fingerprint density at radius 3 is 2.64 bits per heavy atom. The lowest BCUT2D eigenvalue weighted by atomic mass is 10.1. The molecule has 3 aromatic carbocycles. The van der Waals surface area contributed by atoms with E-state index in [1.165, 1.54) is 6.07 Å². The van der Waals surface area contributed by atoms with Gasteiger partial charge in [0.25, 0.3) is 16.8 Å². The van der Waals surface area contributed by atoms with Gasteiger partial charge in [0.15, 0.2) is 0 Å². The van der Waals surface area contributed by atoms with Crippen molar-refractivity contribution >= 4 is 50.6 Å². The molecule has 0 radical (unpaired) electrons. The summed E-state index contributed by atoms with van der Waals surface area (Å²) in [7, 11) is 0. The molecule has 1 saturated heterocycles. The molecule has 0 atom stereocenters. The smallest absolute Gasteiger partial charge is 0.293 e. The second kappa shape index (κ2) is 11.4. The highest BCUT2D eigenvalue weighted by molar-refractivity contribution is 9.10. The number of thioether (sulfide) groups is 1. The van der Waals surface area contributed by atoms with E-state index >= 15 is 0 Å². The first-order valence-corrected chi connectivity index (χ1v) is 12.5. The van der Waals surface area contributed by atoms with Crippen molar-refractivity contribution in [3.8, 4) is 11.5 Å². The molecule has 0 aromatic heterocycles. The summed E-state index contributed by atoms with van der Waals surface area (Å²) in [6, 6.07) is 19.1. The third-order valence-electron chi connectivity index (χ3n) is 5.28. The monoisotopic (exact) mass is 568 g/mol. The van der Waals surface area contributed by atoms with E-state index in [1.807, 2.05) is 31.2 Å². The molecule has 0 spiro atoms. The van der Waals surface area contributed by atoms with Gasteiger partial charge in [0.2, 0.25) is 0 Å². The van der Waals surface area contributed by atoms with Crippen LogP contribution < -0.4 is 9.47 Å². The van der Waals surface area contributed by atoms with E-state index in [4.69, 9.17) is 9.47 Å². The SMILES string of the molecule is Cc1cccc(OCCN2C(=O)S/C(=C\c3cc(Br)ccc3OCc3ccccc3[N+](=O)[O-])C2=O)c1. The minimum atomic E-state index is -0.458. The second-order valence-electron chi connectivity index (χ2n) is 7.85. The number of nitro benzene ring substituents is 1. The average molecular weight is 569 g/mol. The van der Waals surface area contributed by atoms with Gasteiger partial charge in [0.1, 0.15) is 24.7 Å². The number of carbonyl (C=O) groups is 2. The lowest BCUT2D eigenvalue weighted by molar-refractivity contribution is -0.385. The number of para-hydroxylation sites is 1. The molecule has 0 N–H and O–H groups in total. The number of halogens is 1. The maximum Gasteiger partial charge on any atom is 0.293 e. The van der Waals surface area contributed by atoms with Crippen molar-refractivity contribution in [3.63, 3.8) is 0 Å². The normalized spacial score (nSPS) is 14.4. The summed E-state index contributed by atoms with van der Waals surface area (Å²) in [4.78, 5) is 37.7. The lowest BCUT2D eigenvalue weighted by Gasteiger charge is -2.13. The van der Waals surface area contributed by atoms with Crippen LogP contribution in [0.25, 0.3) is 6.08 Å². The molecule has 1 fully saturated rings. The van der Waals surface area contributed by atoms with Crippen LogP contribution in [0, 0.1) is 17.0 Å². The highest BCUT2D eigenvalue weighted by atomic mass is 79.9. The number of amides is 2. The van der Waals surface area contributed by atoms with E-state index in [9.17, 15) is 19.7 Å². The number of nitrogens with zero attached hydrogens (tertiary/aromatic N) is 2. The first-order valence-electron chi connectivity index (χ1n) is 10.9. The van der Waals surface area contributed by atoms with Gasteiger partial charge in [-0.2, -0.15) is 0 Å². The summed E-state index contributed by atoms with van der Waals surface area (Å²) in [5.74, 6) is 0.681. The topological polar surface area (TPSA) is 99.0 Å². The zero-order valence-corrected chi connectivity index (χ0v) is 21.6. The zero-order valence-electron chi connectivity index (χ0n) is 19.2. The van der Waals surface area contributed by atoms with Crippen LogP contribution in [0.4, 0.5) is 10.5 Å². The van der Waals surface area contributed by atoms with Gasteiger partial charge < -0.3 is 9.47 Å². The number of aryl methyl sites for hydroxylation is 1. The van der Waals surface area contributed by atoms with E-state index in [0.717, 1.165) is 26.7 Å². The summed E-state index contributed by atoms with van der Waals surface area (Å²) in [6.07, 6.45) is 1.59. The molecule has 36 heavy (non-hydrogen) atoms. The fourth-order valence-corrected chi connectivity index (χ4v) is 4.76. The Morgan fingerprint density at radius 1 is 1.06 bits per heavy atom. The molecular formula is C26H21BrN2O6S.